The maximum Gasteiger partial charge on any atom is 0.231 e. The minimum atomic E-state index is -0.389. The van der Waals surface area contributed by atoms with Gasteiger partial charge in [-0.15, -0.1) is 0 Å². The smallest absolute Gasteiger partial charge is 0.231 e. The largest absolute Gasteiger partial charge is 0.453 e. The summed E-state index contributed by atoms with van der Waals surface area (Å²) in [6.07, 6.45) is 0.183. The van der Waals surface area contributed by atoms with Crippen LogP contribution in [0.1, 0.15) is 18.1 Å². The molecule has 0 aliphatic carbocycles. The Morgan fingerprint density at radius 2 is 2.13 bits per heavy atom. The molecular weight excluding hydrogens is 216 g/mol. The first-order chi connectivity index (χ1) is 7.09. The third-order valence-corrected chi connectivity index (χ3v) is 2.75. The van der Waals surface area contributed by atoms with Crippen LogP contribution < -0.4 is 9.47 Å². The summed E-state index contributed by atoms with van der Waals surface area (Å²) in [5.74, 6) is 1.32. The van der Waals surface area contributed by atoms with Gasteiger partial charge in [0, 0.05) is 0 Å². The molecule has 1 aliphatic rings. The van der Waals surface area contributed by atoms with Gasteiger partial charge in [-0.3, -0.25) is 0 Å². The number of fused-ring (bicyclic) bond motifs is 1. The lowest BCUT2D eigenvalue weighted by molar-refractivity contribution is 0.173. The summed E-state index contributed by atoms with van der Waals surface area (Å²) in [6.45, 7) is 3.91. The standard InChI is InChI=1S/C11H13ClO3/c1-6(13)3-8-4-9(12)11-10(7(8)2)14-5-15-11/h4,6,13H,3,5H2,1-2H3. The number of hydrogen-bond donors (Lipinski definition) is 1. The highest BCUT2D eigenvalue weighted by Crippen LogP contribution is 2.43. The van der Waals surface area contributed by atoms with Crippen molar-refractivity contribution < 1.29 is 14.6 Å². The molecule has 1 atom stereocenters. The van der Waals surface area contributed by atoms with E-state index < -0.39 is 0 Å². The van der Waals surface area contributed by atoms with Gasteiger partial charge in [0.25, 0.3) is 0 Å². The van der Waals surface area contributed by atoms with Crippen LogP contribution in [-0.2, 0) is 6.42 Å². The number of halogens is 1. The van der Waals surface area contributed by atoms with Crippen molar-refractivity contribution in [2.45, 2.75) is 26.4 Å². The van der Waals surface area contributed by atoms with Gasteiger partial charge in [-0.25, -0.2) is 0 Å². The Labute approximate surface area is 93.6 Å². The number of benzene rings is 1. The molecule has 1 heterocycles. The SMILES string of the molecule is Cc1c(CC(C)O)cc(Cl)c2c1OCO2. The Hall–Kier alpha value is -0.930. The lowest BCUT2D eigenvalue weighted by Crippen LogP contribution is -2.06. The van der Waals surface area contributed by atoms with E-state index in [4.69, 9.17) is 21.1 Å². The Kier molecular flexibility index (Phi) is 2.76. The van der Waals surface area contributed by atoms with Gasteiger partial charge in [-0.2, -0.15) is 0 Å². The first-order valence-corrected chi connectivity index (χ1v) is 5.23. The molecule has 0 amide bonds. The molecule has 0 radical (unpaired) electrons. The molecule has 0 bridgehead atoms. The molecule has 1 aliphatic heterocycles. The first kappa shape index (κ1) is 10.6. The summed E-state index contributed by atoms with van der Waals surface area (Å²) in [5, 5.41) is 9.90. The van der Waals surface area contributed by atoms with Gasteiger partial charge in [-0.05, 0) is 37.5 Å². The van der Waals surface area contributed by atoms with E-state index in [1.54, 1.807) is 6.92 Å². The molecule has 0 spiro atoms. The van der Waals surface area contributed by atoms with Crippen molar-refractivity contribution in [1.29, 1.82) is 0 Å². The van der Waals surface area contributed by atoms with Gasteiger partial charge >= 0.3 is 0 Å². The predicted octanol–water partition coefficient (Wildman–Crippen LogP) is 2.30. The second-order valence-electron chi connectivity index (χ2n) is 3.76. The van der Waals surface area contributed by atoms with Crippen molar-refractivity contribution >= 4 is 11.6 Å². The number of aliphatic hydroxyl groups excluding tert-OH is 1. The van der Waals surface area contributed by atoms with Crippen LogP contribution in [0.15, 0.2) is 6.07 Å². The fraction of sp³-hybridized carbons (Fsp3) is 0.455. The molecular formula is C11H13ClO3. The second-order valence-corrected chi connectivity index (χ2v) is 4.17. The van der Waals surface area contributed by atoms with Gasteiger partial charge in [-0.1, -0.05) is 11.6 Å². The monoisotopic (exact) mass is 228 g/mol. The normalized spacial score (nSPS) is 15.5. The summed E-state index contributed by atoms with van der Waals surface area (Å²) >= 11 is 6.04. The predicted molar refractivity (Wildman–Crippen MR) is 57.7 cm³/mol. The van der Waals surface area contributed by atoms with Crippen LogP contribution in [0.4, 0.5) is 0 Å². The first-order valence-electron chi connectivity index (χ1n) is 4.85. The van der Waals surface area contributed by atoms with Crippen molar-refractivity contribution in [3.63, 3.8) is 0 Å². The van der Waals surface area contributed by atoms with Crippen molar-refractivity contribution in [3.8, 4) is 11.5 Å². The molecule has 3 nitrogen and oxygen atoms in total. The van der Waals surface area contributed by atoms with Crippen molar-refractivity contribution in [2.24, 2.45) is 0 Å². The number of aliphatic hydroxyl groups is 1. The molecule has 1 unspecified atom stereocenters. The van der Waals surface area contributed by atoms with Crippen LogP contribution in [0, 0.1) is 6.92 Å². The van der Waals surface area contributed by atoms with Crippen LogP contribution in [0.3, 0.4) is 0 Å². The second kappa shape index (κ2) is 3.91. The van der Waals surface area contributed by atoms with E-state index in [9.17, 15) is 5.11 Å². The summed E-state index contributed by atoms with van der Waals surface area (Å²) in [4.78, 5) is 0. The lowest BCUT2D eigenvalue weighted by Gasteiger charge is -2.11. The van der Waals surface area contributed by atoms with E-state index in [2.05, 4.69) is 0 Å². The summed E-state index contributed by atoms with van der Waals surface area (Å²) < 4.78 is 10.6. The summed E-state index contributed by atoms with van der Waals surface area (Å²) in [6, 6.07) is 1.83. The minimum absolute atomic E-state index is 0.216. The molecule has 2 rings (SSSR count). The quantitative estimate of drug-likeness (QED) is 0.844. The zero-order valence-corrected chi connectivity index (χ0v) is 9.47. The van der Waals surface area contributed by atoms with E-state index in [1.165, 1.54) is 0 Å². The van der Waals surface area contributed by atoms with Gasteiger partial charge in [0.05, 0.1) is 11.1 Å². The topological polar surface area (TPSA) is 38.7 Å². The Bertz CT molecular complexity index is 388. The minimum Gasteiger partial charge on any atom is -0.453 e. The lowest BCUT2D eigenvalue weighted by atomic mass is 10.0. The highest BCUT2D eigenvalue weighted by atomic mass is 35.5. The maximum absolute atomic E-state index is 9.35. The molecule has 0 saturated carbocycles. The van der Waals surface area contributed by atoms with E-state index in [1.807, 2.05) is 13.0 Å². The van der Waals surface area contributed by atoms with E-state index in [0.29, 0.717) is 22.9 Å². The molecule has 1 N–H and O–H groups in total. The van der Waals surface area contributed by atoms with E-state index >= 15 is 0 Å². The zero-order chi connectivity index (χ0) is 11.0. The molecule has 0 aromatic heterocycles. The third kappa shape index (κ3) is 1.90. The molecule has 1 aromatic carbocycles. The van der Waals surface area contributed by atoms with Gasteiger partial charge in [0.15, 0.2) is 11.5 Å². The molecule has 4 heteroatoms. The van der Waals surface area contributed by atoms with Crippen LogP contribution in [-0.4, -0.2) is 18.0 Å². The fourth-order valence-corrected chi connectivity index (χ4v) is 2.01. The van der Waals surface area contributed by atoms with E-state index in [-0.39, 0.29) is 12.9 Å². The highest BCUT2D eigenvalue weighted by molar-refractivity contribution is 6.32. The van der Waals surface area contributed by atoms with Crippen LogP contribution in [0.25, 0.3) is 0 Å². The Balaban J connectivity index is 2.45. The van der Waals surface area contributed by atoms with Crippen LogP contribution >= 0.6 is 11.6 Å². The maximum atomic E-state index is 9.35. The van der Waals surface area contributed by atoms with Crippen LogP contribution in [0.5, 0.6) is 11.5 Å². The number of rotatable bonds is 2. The Morgan fingerprint density at radius 3 is 2.80 bits per heavy atom. The third-order valence-electron chi connectivity index (χ3n) is 2.47. The van der Waals surface area contributed by atoms with Crippen molar-refractivity contribution in [2.75, 3.05) is 6.79 Å². The van der Waals surface area contributed by atoms with Crippen molar-refractivity contribution in [1.82, 2.24) is 0 Å². The molecule has 0 fully saturated rings. The Morgan fingerprint density at radius 1 is 1.47 bits per heavy atom. The summed E-state index contributed by atoms with van der Waals surface area (Å²) in [5.41, 5.74) is 1.99. The fourth-order valence-electron chi connectivity index (χ4n) is 1.74. The average molecular weight is 229 g/mol. The number of ether oxygens (including phenoxy) is 2. The zero-order valence-electron chi connectivity index (χ0n) is 8.71. The van der Waals surface area contributed by atoms with Gasteiger partial charge < -0.3 is 14.6 Å². The van der Waals surface area contributed by atoms with E-state index in [0.717, 1.165) is 11.1 Å². The van der Waals surface area contributed by atoms with Gasteiger partial charge in [0.2, 0.25) is 6.79 Å². The molecule has 0 saturated heterocycles. The molecule has 1 aromatic rings. The number of hydrogen-bond acceptors (Lipinski definition) is 3. The van der Waals surface area contributed by atoms with Crippen molar-refractivity contribution in [3.05, 3.63) is 22.2 Å². The highest BCUT2D eigenvalue weighted by Gasteiger charge is 2.22. The average Bonchev–Trinajstić information content (AvgIpc) is 2.61. The molecule has 15 heavy (non-hydrogen) atoms. The molecule has 82 valence electrons. The van der Waals surface area contributed by atoms with Crippen LogP contribution in [0.2, 0.25) is 5.02 Å². The van der Waals surface area contributed by atoms with Gasteiger partial charge in [0.1, 0.15) is 0 Å². The summed E-state index contributed by atoms with van der Waals surface area (Å²) in [7, 11) is 0.